The number of nitrogens with one attached hydrogen (secondary N) is 1. The summed E-state index contributed by atoms with van der Waals surface area (Å²) in [5, 5.41) is 3.62. The molecule has 0 bridgehead atoms. The molecule has 0 spiro atoms. The van der Waals surface area contributed by atoms with Gasteiger partial charge in [0.05, 0.1) is 0 Å². The van der Waals surface area contributed by atoms with Gasteiger partial charge in [-0.1, -0.05) is 0 Å². The summed E-state index contributed by atoms with van der Waals surface area (Å²) in [7, 11) is 0. The summed E-state index contributed by atoms with van der Waals surface area (Å²) < 4.78 is 27.3. The number of halogens is 2. The van der Waals surface area contributed by atoms with E-state index in [0.717, 1.165) is 18.4 Å². The van der Waals surface area contributed by atoms with Crippen molar-refractivity contribution in [3.8, 4) is 0 Å². The van der Waals surface area contributed by atoms with Gasteiger partial charge in [-0.25, -0.2) is 8.78 Å². The van der Waals surface area contributed by atoms with Crippen molar-refractivity contribution in [3.63, 3.8) is 0 Å². The largest absolute Gasteiger partial charge is 0.313 e. The van der Waals surface area contributed by atoms with Crippen LogP contribution in [0.2, 0.25) is 0 Å². The first kappa shape index (κ1) is 12.8. The second-order valence-electron chi connectivity index (χ2n) is 7.23. The highest BCUT2D eigenvalue weighted by atomic mass is 19.1. The van der Waals surface area contributed by atoms with Crippen LogP contribution in [0.25, 0.3) is 0 Å². The summed E-state index contributed by atoms with van der Waals surface area (Å²) >= 11 is 0. The molecule has 0 aromatic heterocycles. The second-order valence-corrected chi connectivity index (χ2v) is 7.23. The predicted molar refractivity (Wildman–Crippen MR) is 74.4 cm³/mol. The summed E-state index contributed by atoms with van der Waals surface area (Å²) in [6.45, 7) is 0.973. The van der Waals surface area contributed by atoms with Gasteiger partial charge in [-0.3, -0.25) is 0 Å². The maximum Gasteiger partial charge on any atom is 0.126 e. The summed E-state index contributed by atoms with van der Waals surface area (Å²) in [6.07, 6.45) is 6.97. The normalized spacial score (nSPS) is 35.1. The molecule has 3 saturated carbocycles. The van der Waals surface area contributed by atoms with Crippen molar-refractivity contribution in [2.24, 2.45) is 17.3 Å². The molecule has 1 N–H and O–H groups in total. The molecule has 0 aliphatic heterocycles. The Bertz CT molecular complexity index is 514. The molecule has 0 radical (unpaired) electrons. The molecule has 3 fully saturated rings. The molecule has 108 valence electrons. The summed E-state index contributed by atoms with van der Waals surface area (Å²) in [4.78, 5) is 0. The molecule has 1 aromatic carbocycles. The SMILES string of the molecule is Fc1ccc(F)c(CC2(CNC3CC3)CC3CC3C2)c1. The van der Waals surface area contributed by atoms with Gasteiger partial charge < -0.3 is 5.32 Å². The Morgan fingerprint density at radius 2 is 1.90 bits per heavy atom. The number of fused-ring (bicyclic) bond motifs is 1. The van der Waals surface area contributed by atoms with Crippen LogP contribution >= 0.6 is 0 Å². The summed E-state index contributed by atoms with van der Waals surface area (Å²) in [5.41, 5.74) is 0.717. The van der Waals surface area contributed by atoms with Gasteiger partial charge in [0, 0.05) is 12.6 Å². The molecule has 1 aromatic rings. The van der Waals surface area contributed by atoms with Crippen LogP contribution in [0.1, 0.15) is 37.7 Å². The Morgan fingerprint density at radius 1 is 1.15 bits per heavy atom. The van der Waals surface area contributed by atoms with Crippen LogP contribution in [0.5, 0.6) is 0 Å². The van der Waals surface area contributed by atoms with Crippen molar-refractivity contribution in [3.05, 3.63) is 35.4 Å². The first-order chi connectivity index (χ1) is 9.63. The highest BCUT2D eigenvalue weighted by molar-refractivity contribution is 5.22. The predicted octanol–water partition coefficient (Wildman–Crippen LogP) is 3.68. The van der Waals surface area contributed by atoms with Crippen molar-refractivity contribution in [2.75, 3.05) is 6.54 Å². The fourth-order valence-electron chi connectivity index (χ4n) is 4.09. The van der Waals surface area contributed by atoms with E-state index in [1.165, 1.54) is 50.3 Å². The maximum absolute atomic E-state index is 13.9. The summed E-state index contributed by atoms with van der Waals surface area (Å²) in [6, 6.07) is 4.54. The Labute approximate surface area is 118 Å². The summed E-state index contributed by atoms with van der Waals surface area (Å²) in [5.74, 6) is 1.13. The lowest BCUT2D eigenvalue weighted by Crippen LogP contribution is -2.36. The van der Waals surface area contributed by atoms with Crippen LogP contribution in [0, 0.1) is 28.9 Å². The van der Waals surface area contributed by atoms with Crippen LogP contribution < -0.4 is 5.32 Å². The Morgan fingerprint density at radius 3 is 2.60 bits per heavy atom. The van der Waals surface area contributed by atoms with Crippen molar-refractivity contribution >= 4 is 0 Å². The average Bonchev–Trinajstić information content (AvgIpc) is 3.33. The average molecular weight is 277 g/mol. The van der Waals surface area contributed by atoms with Crippen molar-refractivity contribution in [2.45, 2.75) is 44.6 Å². The molecular weight excluding hydrogens is 256 g/mol. The van der Waals surface area contributed by atoms with Gasteiger partial charge in [0.1, 0.15) is 11.6 Å². The highest BCUT2D eigenvalue weighted by Gasteiger charge is 2.53. The van der Waals surface area contributed by atoms with Gasteiger partial charge in [0.2, 0.25) is 0 Å². The van der Waals surface area contributed by atoms with Gasteiger partial charge in [0.15, 0.2) is 0 Å². The van der Waals surface area contributed by atoms with Crippen molar-refractivity contribution in [1.82, 2.24) is 5.32 Å². The number of hydrogen-bond donors (Lipinski definition) is 1. The van der Waals surface area contributed by atoms with E-state index in [0.29, 0.717) is 18.0 Å². The first-order valence-electron chi connectivity index (χ1n) is 7.81. The van der Waals surface area contributed by atoms with Crippen molar-refractivity contribution < 1.29 is 8.78 Å². The van der Waals surface area contributed by atoms with E-state index in [9.17, 15) is 8.78 Å². The minimum absolute atomic E-state index is 0.158. The molecule has 4 rings (SSSR count). The molecular formula is C17H21F2N. The monoisotopic (exact) mass is 277 g/mol. The third kappa shape index (κ3) is 2.48. The maximum atomic E-state index is 13.9. The molecule has 1 nitrogen and oxygen atoms in total. The van der Waals surface area contributed by atoms with Gasteiger partial charge >= 0.3 is 0 Å². The molecule has 20 heavy (non-hydrogen) atoms. The van der Waals surface area contributed by atoms with E-state index in [1.54, 1.807) is 0 Å². The molecule has 0 heterocycles. The zero-order valence-corrected chi connectivity index (χ0v) is 11.7. The smallest absolute Gasteiger partial charge is 0.126 e. The quantitative estimate of drug-likeness (QED) is 0.866. The Hall–Kier alpha value is -0.960. The van der Waals surface area contributed by atoms with Crippen LogP contribution in [0.4, 0.5) is 8.78 Å². The molecule has 0 amide bonds. The van der Waals surface area contributed by atoms with E-state index >= 15 is 0 Å². The van der Waals surface area contributed by atoms with E-state index < -0.39 is 0 Å². The van der Waals surface area contributed by atoms with Gasteiger partial charge in [-0.2, -0.15) is 0 Å². The Kier molecular flexibility index (Phi) is 2.88. The number of benzene rings is 1. The lowest BCUT2D eigenvalue weighted by molar-refractivity contribution is 0.244. The van der Waals surface area contributed by atoms with E-state index in [-0.39, 0.29) is 17.0 Å². The Balaban J connectivity index is 1.53. The van der Waals surface area contributed by atoms with Gasteiger partial charge in [0.25, 0.3) is 0 Å². The lowest BCUT2D eigenvalue weighted by Gasteiger charge is -2.32. The van der Waals surface area contributed by atoms with Crippen LogP contribution in [0.3, 0.4) is 0 Å². The van der Waals surface area contributed by atoms with E-state index in [2.05, 4.69) is 5.32 Å². The fraction of sp³-hybridized carbons (Fsp3) is 0.647. The lowest BCUT2D eigenvalue weighted by atomic mass is 9.77. The minimum atomic E-state index is -0.324. The zero-order valence-electron chi connectivity index (χ0n) is 11.7. The van der Waals surface area contributed by atoms with Crippen LogP contribution in [-0.4, -0.2) is 12.6 Å². The molecule has 2 unspecified atom stereocenters. The standard InChI is InChI=1S/C17H21F2N/c18-14-1-4-16(19)13(6-14)9-17(10-20-15-2-3-15)7-11-5-12(11)8-17/h1,4,6,11-12,15,20H,2-3,5,7-10H2. The van der Waals surface area contributed by atoms with Crippen molar-refractivity contribution in [1.29, 1.82) is 0 Å². The third-order valence-corrected chi connectivity index (χ3v) is 5.38. The molecule has 3 heteroatoms. The van der Waals surface area contributed by atoms with Crippen LogP contribution in [-0.2, 0) is 6.42 Å². The van der Waals surface area contributed by atoms with Gasteiger partial charge in [-0.05, 0) is 79.5 Å². The zero-order chi connectivity index (χ0) is 13.7. The second kappa shape index (κ2) is 4.52. The molecule has 3 aliphatic rings. The third-order valence-electron chi connectivity index (χ3n) is 5.38. The van der Waals surface area contributed by atoms with E-state index in [1.807, 2.05) is 0 Å². The van der Waals surface area contributed by atoms with Gasteiger partial charge in [-0.15, -0.1) is 0 Å². The number of rotatable bonds is 5. The number of hydrogen-bond acceptors (Lipinski definition) is 1. The fourth-order valence-corrected chi connectivity index (χ4v) is 4.09. The topological polar surface area (TPSA) is 12.0 Å². The van der Waals surface area contributed by atoms with Crippen LogP contribution in [0.15, 0.2) is 18.2 Å². The minimum Gasteiger partial charge on any atom is -0.313 e. The molecule has 2 atom stereocenters. The molecule has 3 aliphatic carbocycles. The van der Waals surface area contributed by atoms with E-state index in [4.69, 9.17) is 0 Å². The molecule has 0 saturated heterocycles. The first-order valence-corrected chi connectivity index (χ1v) is 7.81. The highest BCUT2D eigenvalue weighted by Crippen LogP contribution is 2.60.